The van der Waals surface area contributed by atoms with E-state index in [-0.39, 0.29) is 0 Å². The summed E-state index contributed by atoms with van der Waals surface area (Å²) in [7, 11) is 0. The van der Waals surface area contributed by atoms with E-state index in [9.17, 15) is 4.79 Å². The quantitative estimate of drug-likeness (QED) is 0.504. The topological polar surface area (TPSA) is 43.1 Å². The average molecular weight is 237 g/mol. The summed E-state index contributed by atoms with van der Waals surface area (Å²) in [5.74, 6) is 0. The Kier molecular flexibility index (Phi) is 3.92. The molecule has 2 heteroatoms. The number of aldehydes is 1. The van der Waals surface area contributed by atoms with Crippen molar-refractivity contribution in [2.24, 2.45) is 0 Å². The fourth-order valence-corrected chi connectivity index (χ4v) is 1.80. The van der Waals surface area contributed by atoms with Crippen LogP contribution in [-0.2, 0) is 11.2 Å². The highest BCUT2D eigenvalue weighted by atomic mass is 16.1. The number of para-hydroxylation sites is 1. The maximum atomic E-state index is 11.1. The van der Waals surface area contributed by atoms with Gasteiger partial charge in [0.15, 0.2) is 0 Å². The van der Waals surface area contributed by atoms with Gasteiger partial charge in [0.2, 0.25) is 0 Å². The van der Waals surface area contributed by atoms with Crippen LogP contribution in [0.2, 0.25) is 0 Å². The number of hydrogen-bond donors (Lipinski definition) is 1. The van der Waals surface area contributed by atoms with Gasteiger partial charge in [0.1, 0.15) is 6.29 Å². The Morgan fingerprint density at radius 2 is 1.67 bits per heavy atom. The third-order valence-electron chi connectivity index (χ3n) is 2.83. The molecule has 0 saturated heterocycles. The van der Waals surface area contributed by atoms with Crippen LogP contribution in [0.15, 0.2) is 60.7 Å². The van der Waals surface area contributed by atoms with Gasteiger partial charge in [0.05, 0.1) is 0 Å². The van der Waals surface area contributed by atoms with Crippen LogP contribution in [0.5, 0.6) is 0 Å². The Morgan fingerprint density at radius 3 is 2.33 bits per heavy atom. The summed E-state index contributed by atoms with van der Waals surface area (Å²) in [5, 5.41) is 0. The molecule has 0 aliphatic carbocycles. The number of allylic oxidation sites excluding steroid dienone is 2. The molecule has 0 fully saturated rings. The molecule has 90 valence electrons. The minimum Gasteiger partial charge on any atom is -0.398 e. The first-order valence-electron chi connectivity index (χ1n) is 5.85. The lowest BCUT2D eigenvalue weighted by molar-refractivity contribution is -0.103. The summed E-state index contributed by atoms with van der Waals surface area (Å²) in [4.78, 5) is 11.1. The lowest BCUT2D eigenvalue weighted by Crippen LogP contribution is -1.93. The number of rotatable bonds is 4. The molecule has 2 N–H and O–H groups in total. The minimum atomic E-state index is 0.662. The van der Waals surface area contributed by atoms with Gasteiger partial charge in [-0.05, 0) is 23.6 Å². The lowest BCUT2D eigenvalue weighted by Gasteiger charge is -2.03. The molecule has 18 heavy (non-hydrogen) atoms. The Hall–Kier alpha value is -2.35. The number of nitrogen functional groups attached to an aromatic ring is 1. The van der Waals surface area contributed by atoms with Crippen LogP contribution in [-0.4, -0.2) is 6.29 Å². The molecule has 0 radical (unpaired) electrons. The van der Waals surface area contributed by atoms with Crippen LogP contribution in [0.3, 0.4) is 0 Å². The number of benzene rings is 2. The van der Waals surface area contributed by atoms with Crippen LogP contribution in [0.1, 0.15) is 11.1 Å². The summed E-state index contributed by atoms with van der Waals surface area (Å²) in [6, 6.07) is 17.3. The van der Waals surface area contributed by atoms with Crippen molar-refractivity contribution in [1.82, 2.24) is 0 Å². The second kappa shape index (κ2) is 5.82. The molecule has 0 aliphatic heterocycles. The third-order valence-corrected chi connectivity index (χ3v) is 2.83. The Balaban J connectivity index is 2.22. The molecule has 2 aromatic carbocycles. The second-order valence-corrected chi connectivity index (χ2v) is 4.05. The summed E-state index contributed by atoms with van der Waals surface area (Å²) < 4.78 is 0. The Labute approximate surface area is 107 Å². The smallest absolute Gasteiger partial charge is 0.150 e. The van der Waals surface area contributed by atoms with Gasteiger partial charge in [-0.25, -0.2) is 0 Å². The number of nitrogens with two attached hydrogens (primary N) is 1. The molecule has 2 rings (SSSR count). The SMILES string of the molecule is Nc1ccccc1C/C=C(/C=O)c1ccccc1. The maximum absolute atomic E-state index is 11.1. The van der Waals surface area contributed by atoms with E-state index < -0.39 is 0 Å². The first kappa shape index (κ1) is 12.1. The van der Waals surface area contributed by atoms with Gasteiger partial charge in [0.25, 0.3) is 0 Å². The normalized spacial score (nSPS) is 11.2. The van der Waals surface area contributed by atoms with Gasteiger partial charge in [-0.3, -0.25) is 4.79 Å². The summed E-state index contributed by atoms with van der Waals surface area (Å²) in [5.41, 5.74) is 9.29. The average Bonchev–Trinajstić information content (AvgIpc) is 2.42. The van der Waals surface area contributed by atoms with Gasteiger partial charge in [-0.2, -0.15) is 0 Å². The van der Waals surface area contributed by atoms with E-state index in [1.807, 2.05) is 60.7 Å². The van der Waals surface area contributed by atoms with Gasteiger partial charge in [-0.1, -0.05) is 54.6 Å². The summed E-state index contributed by atoms with van der Waals surface area (Å²) >= 11 is 0. The molecule has 0 heterocycles. The molecule has 0 saturated carbocycles. The molecule has 0 spiro atoms. The highest BCUT2D eigenvalue weighted by Crippen LogP contribution is 2.16. The zero-order valence-corrected chi connectivity index (χ0v) is 10.0. The van der Waals surface area contributed by atoms with Crippen LogP contribution in [0.4, 0.5) is 5.69 Å². The van der Waals surface area contributed by atoms with Gasteiger partial charge in [0, 0.05) is 11.3 Å². The van der Waals surface area contributed by atoms with E-state index in [0.717, 1.165) is 23.1 Å². The third kappa shape index (κ3) is 2.86. The van der Waals surface area contributed by atoms with Gasteiger partial charge >= 0.3 is 0 Å². The first-order chi connectivity index (χ1) is 8.81. The fourth-order valence-electron chi connectivity index (χ4n) is 1.80. The van der Waals surface area contributed by atoms with Crippen molar-refractivity contribution >= 4 is 17.5 Å². The largest absolute Gasteiger partial charge is 0.398 e. The number of carbonyl (C=O) groups excluding carboxylic acids is 1. The van der Waals surface area contributed by atoms with Crippen molar-refractivity contribution in [1.29, 1.82) is 0 Å². The first-order valence-corrected chi connectivity index (χ1v) is 5.85. The monoisotopic (exact) mass is 237 g/mol. The van der Waals surface area contributed by atoms with Crippen LogP contribution < -0.4 is 5.73 Å². The molecule has 0 atom stereocenters. The van der Waals surface area contributed by atoms with Gasteiger partial charge < -0.3 is 5.73 Å². The molecular formula is C16H15NO. The van der Waals surface area contributed by atoms with Crippen molar-refractivity contribution in [2.75, 3.05) is 5.73 Å². The van der Waals surface area contributed by atoms with E-state index in [0.29, 0.717) is 12.0 Å². The van der Waals surface area contributed by atoms with E-state index in [2.05, 4.69) is 0 Å². The second-order valence-electron chi connectivity index (χ2n) is 4.05. The number of anilines is 1. The Morgan fingerprint density at radius 1 is 1.00 bits per heavy atom. The Bertz CT molecular complexity index is 558. The summed E-state index contributed by atoms with van der Waals surface area (Å²) in [6.07, 6.45) is 3.46. The lowest BCUT2D eigenvalue weighted by atomic mass is 10.0. The predicted octanol–water partition coefficient (Wildman–Crippen LogP) is 3.09. The molecule has 0 bridgehead atoms. The molecule has 0 unspecified atom stereocenters. The zero-order chi connectivity index (χ0) is 12.8. The van der Waals surface area contributed by atoms with Gasteiger partial charge in [-0.15, -0.1) is 0 Å². The predicted molar refractivity (Wildman–Crippen MR) is 75.0 cm³/mol. The van der Waals surface area contributed by atoms with Crippen LogP contribution in [0, 0.1) is 0 Å². The molecule has 0 amide bonds. The van der Waals surface area contributed by atoms with E-state index in [1.165, 1.54) is 0 Å². The molecule has 2 aromatic rings. The van der Waals surface area contributed by atoms with Crippen molar-refractivity contribution in [3.63, 3.8) is 0 Å². The van der Waals surface area contributed by atoms with E-state index in [4.69, 9.17) is 5.73 Å². The van der Waals surface area contributed by atoms with Crippen molar-refractivity contribution in [3.05, 3.63) is 71.8 Å². The van der Waals surface area contributed by atoms with Crippen LogP contribution >= 0.6 is 0 Å². The van der Waals surface area contributed by atoms with Crippen molar-refractivity contribution in [2.45, 2.75) is 6.42 Å². The summed E-state index contributed by atoms with van der Waals surface area (Å²) in [6.45, 7) is 0. The van der Waals surface area contributed by atoms with Crippen LogP contribution in [0.25, 0.3) is 5.57 Å². The molecule has 2 nitrogen and oxygen atoms in total. The van der Waals surface area contributed by atoms with Crippen molar-refractivity contribution in [3.8, 4) is 0 Å². The molecular weight excluding hydrogens is 222 g/mol. The number of hydrogen-bond acceptors (Lipinski definition) is 2. The highest BCUT2D eigenvalue weighted by Gasteiger charge is 2.00. The number of carbonyl (C=O) groups is 1. The highest BCUT2D eigenvalue weighted by molar-refractivity contribution is 6.06. The standard InChI is InChI=1S/C16H15NO/c17-16-9-5-4-8-14(16)10-11-15(12-18)13-6-2-1-3-7-13/h1-9,11-12H,10,17H2/b15-11-. The molecule has 0 aliphatic rings. The van der Waals surface area contributed by atoms with E-state index in [1.54, 1.807) is 0 Å². The zero-order valence-electron chi connectivity index (χ0n) is 10.0. The molecule has 0 aromatic heterocycles. The van der Waals surface area contributed by atoms with E-state index >= 15 is 0 Å². The maximum Gasteiger partial charge on any atom is 0.150 e. The fraction of sp³-hybridized carbons (Fsp3) is 0.0625. The van der Waals surface area contributed by atoms with Crippen molar-refractivity contribution < 1.29 is 4.79 Å². The minimum absolute atomic E-state index is 0.662.